The van der Waals surface area contributed by atoms with E-state index in [1.54, 1.807) is 28.9 Å². The van der Waals surface area contributed by atoms with Crippen LogP contribution in [0, 0.1) is 0 Å². The Kier molecular flexibility index (Phi) is 5.71. The minimum absolute atomic E-state index is 0.0343. The number of aromatic nitrogens is 4. The summed E-state index contributed by atoms with van der Waals surface area (Å²) in [7, 11) is 0. The van der Waals surface area contributed by atoms with Crippen LogP contribution in [0.2, 0.25) is 0 Å². The molecule has 0 spiro atoms. The average molecular weight is 450 g/mol. The lowest BCUT2D eigenvalue weighted by atomic mass is 10.1. The summed E-state index contributed by atoms with van der Waals surface area (Å²) in [6.45, 7) is 2.10. The van der Waals surface area contributed by atoms with E-state index in [-0.39, 0.29) is 42.1 Å². The third-order valence-electron chi connectivity index (χ3n) is 5.62. The van der Waals surface area contributed by atoms with Gasteiger partial charge in [0, 0.05) is 11.3 Å². The number of nitrogens with one attached hydrogen (secondary N) is 2. The summed E-state index contributed by atoms with van der Waals surface area (Å²) in [6, 6.07) is 15.1. The van der Waals surface area contributed by atoms with Gasteiger partial charge >= 0.3 is 12.0 Å². The van der Waals surface area contributed by atoms with Crippen molar-refractivity contribution >= 4 is 17.5 Å². The molecule has 0 saturated carbocycles. The van der Waals surface area contributed by atoms with Gasteiger partial charge in [0.2, 0.25) is 0 Å². The predicted molar refractivity (Wildman–Crippen MR) is 115 cm³/mol. The van der Waals surface area contributed by atoms with Crippen LogP contribution in [0.1, 0.15) is 23.3 Å². The standard InChI is InChI=1S/C22H22N6O5/c1-13(29)14-7-9-15(10-8-14)23-21(30)24-17-11-31-20-18(12-32-19(17)20)28-22(25-26-27-28)33-16-5-3-2-4-6-16/h2-10,17-20H,11-12H2,1H3,(H2,23,24,30). The van der Waals surface area contributed by atoms with Gasteiger partial charge < -0.3 is 24.8 Å². The number of ether oxygens (including phenoxy) is 3. The van der Waals surface area contributed by atoms with Gasteiger partial charge in [0.1, 0.15) is 24.0 Å². The Hall–Kier alpha value is -3.83. The fourth-order valence-corrected chi connectivity index (χ4v) is 3.99. The van der Waals surface area contributed by atoms with Crippen molar-refractivity contribution in [3.8, 4) is 11.8 Å². The lowest BCUT2D eigenvalue weighted by Gasteiger charge is -2.18. The number of ketones is 1. The van der Waals surface area contributed by atoms with Crippen molar-refractivity contribution in [2.24, 2.45) is 0 Å². The maximum Gasteiger partial charge on any atom is 0.341 e. The van der Waals surface area contributed by atoms with E-state index in [2.05, 4.69) is 26.2 Å². The van der Waals surface area contributed by atoms with Gasteiger partial charge in [-0.25, -0.2) is 4.79 Å². The fraction of sp³-hybridized carbons (Fsp3) is 0.318. The van der Waals surface area contributed by atoms with Crippen LogP contribution in [0.3, 0.4) is 0 Å². The first-order valence-corrected chi connectivity index (χ1v) is 10.5. The third-order valence-corrected chi connectivity index (χ3v) is 5.62. The molecule has 11 heteroatoms. The molecule has 2 amide bonds. The molecule has 3 aromatic rings. The van der Waals surface area contributed by atoms with Crippen LogP contribution in [0.25, 0.3) is 0 Å². The molecule has 2 saturated heterocycles. The Labute approximate surface area is 189 Å². The second-order valence-corrected chi connectivity index (χ2v) is 7.82. The third kappa shape index (κ3) is 4.41. The molecule has 33 heavy (non-hydrogen) atoms. The van der Waals surface area contributed by atoms with Gasteiger partial charge in [-0.15, -0.1) is 0 Å². The van der Waals surface area contributed by atoms with Gasteiger partial charge in [0.15, 0.2) is 5.78 Å². The molecule has 170 valence electrons. The summed E-state index contributed by atoms with van der Waals surface area (Å²) in [5.74, 6) is 0.580. The summed E-state index contributed by atoms with van der Waals surface area (Å²) in [5, 5.41) is 17.4. The van der Waals surface area contributed by atoms with Crippen molar-refractivity contribution in [1.29, 1.82) is 0 Å². The number of Topliss-reactive ketones (excluding diaryl/α,β-unsaturated/α-hetero) is 1. The molecule has 2 aliphatic rings. The largest absolute Gasteiger partial charge is 0.423 e. The SMILES string of the molecule is CC(=O)c1ccc(NC(=O)NC2COC3C2OCC3n2nnnc2Oc2ccccc2)cc1. The summed E-state index contributed by atoms with van der Waals surface area (Å²) in [5.41, 5.74) is 1.16. The molecule has 4 atom stereocenters. The molecule has 2 N–H and O–H groups in total. The van der Waals surface area contributed by atoms with Gasteiger partial charge in [-0.2, -0.15) is 4.68 Å². The van der Waals surface area contributed by atoms with E-state index in [1.165, 1.54) is 6.92 Å². The van der Waals surface area contributed by atoms with Crippen LogP contribution in [0.4, 0.5) is 10.5 Å². The van der Waals surface area contributed by atoms with Crippen molar-refractivity contribution in [2.75, 3.05) is 18.5 Å². The highest BCUT2D eigenvalue weighted by Gasteiger charge is 2.50. The lowest BCUT2D eigenvalue weighted by Crippen LogP contribution is -2.45. The quantitative estimate of drug-likeness (QED) is 0.547. The minimum Gasteiger partial charge on any atom is -0.423 e. The van der Waals surface area contributed by atoms with Crippen LogP contribution in [0.5, 0.6) is 11.8 Å². The van der Waals surface area contributed by atoms with Gasteiger partial charge in [-0.05, 0) is 53.7 Å². The van der Waals surface area contributed by atoms with Crippen LogP contribution in [-0.2, 0) is 9.47 Å². The van der Waals surface area contributed by atoms with E-state index >= 15 is 0 Å². The molecule has 5 rings (SSSR count). The highest BCUT2D eigenvalue weighted by atomic mass is 16.6. The molecule has 0 aliphatic carbocycles. The van der Waals surface area contributed by atoms with Crippen molar-refractivity contribution in [3.05, 3.63) is 60.2 Å². The molecule has 4 unspecified atom stereocenters. The topological polar surface area (TPSA) is 129 Å². The number of fused-ring (bicyclic) bond motifs is 1. The number of amides is 2. The smallest absolute Gasteiger partial charge is 0.341 e. The Bertz CT molecular complexity index is 1140. The lowest BCUT2D eigenvalue weighted by molar-refractivity contribution is 0.0613. The molecule has 2 aliphatic heterocycles. The number of hydrogen-bond acceptors (Lipinski definition) is 8. The minimum atomic E-state index is -0.387. The summed E-state index contributed by atoms with van der Waals surface area (Å²) in [6.07, 6.45) is -0.693. The molecule has 2 fully saturated rings. The molecular formula is C22H22N6O5. The highest BCUT2D eigenvalue weighted by Crippen LogP contribution is 2.36. The average Bonchev–Trinajstić information content (AvgIpc) is 3.53. The monoisotopic (exact) mass is 450 g/mol. The van der Waals surface area contributed by atoms with Crippen molar-refractivity contribution < 1.29 is 23.8 Å². The van der Waals surface area contributed by atoms with Crippen molar-refractivity contribution in [2.45, 2.75) is 31.2 Å². The second kappa shape index (κ2) is 8.96. The van der Waals surface area contributed by atoms with E-state index < -0.39 is 0 Å². The Morgan fingerprint density at radius 1 is 1.03 bits per heavy atom. The normalized spacial score (nSPS) is 23.7. The number of rotatable bonds is 6. The van der Waals surface area contributed by atoms with E-state index in [0.29, 0.717) is 30.2 Å². The van der Waals surface area contributed by atoms with Gasteiger partial charge in [0.05, 0.1) is 19.3 Å². The highest BCUT2D eigenvalue weighted by molar-refractivity contribution is 5.95. The number of tetrazole rings is 1. The maximum absolute atomic E-state index is 12.5. The van der Waals surface area contributed by atoms with Crippen molar-refractivity contribution in [1.82, 2.24) is 25.5 Å². The zero-order valence-corrected chi connectivity index (χ0v) is 17.7. The number of hydrogen-bond donors (Lipinski definition) is 2. The van der Waals surface area contributed by atoms with E-state index in [9.17, 15) is 9.59 Å². The van der Waals surface area contributed by atoms with Crippen LogP contribution < -0.4 is 15.4 Å². The molecule has 0 radical (unpaired) electrons. The number of carbonyl (C=O) groups excluding carboxylic acids is 2. The number of anilines is 1. The summed E-state index contributed by atoms with van der Waals surface area (Å²) in [4.78, 5) is 23.9. The molecular weight excluding hydrogens is 428 g/mol. The first-order valence-electron chi connectivity index (χ1n) is 10.5. The van der Waals surface area contributed by atoms with Crippen LogP contribution >= 0.6 is 0 Å². The molecule has 0 bridgehead atoms. The summed E-state index contributed by atoms with van der Waals surface area (Å²) >= 11 is 0. The fourth-order valence-electron chi connectivity index (χ4n) is 3.99. The first-order chi connectivity index (χ1) is 16.1. The van der Waals surface area contributed by atoms with Crippen LogP contribution in [0.15, 0.2) is 54.6 Å². The summed E-state index contributed by atoms with van der Waals surface area (Å²) < 4.78 is 19.3. The second-order valence-electron chi connectivity index (χ2n) is 7.82. The molecule has 1 aromatic heterocycles. The molecule has 11 nitrogen and oxygen atoms in total. The van der Waals surface area contributed by atoms with Gasteiger partial charge in [-0.1, -0.05) is 23.3 Å². The number of carbonyl (C=O) groups is 2. The Balaban J connectivity index is 1.21. The van der Waals surface area contributed by atoms with Gasteiger partial charge in [-0.3, -0.25) is 4.79 Å². The van der Waals surface area contributed by atoms with Crippen molar-refractivity contribution in [3.63, 3.8) is 0 Å². The zero-order valence-electron chi connectivity index (χ0n) is 17.7. The number of benzene rings is 2. The Morgan fingerprint density at radius 3 is 2.55 bits per heavy atom. The molecule has 3 heterocycles. The van der Waals surface area contributed by atoms with E-state index in [0.717, 1.165) is 0 Å². The van der Waals surface area contributed by atoms with Crippen LogP contribution in [-0.4, -0.2) is 63.5 Å². The molecule has 2 aromatic carbocycles. The zero-order chi connectivity index (χ0) is 22.8. The number of urea groups is 1. The first kappa shape index (κ1) is 21.0. The van der Waals surface area contributed by atoms with E-state index in [4.69, 9.17) is 14.2 Å². The maximum atomic E-state index is 12.5. The van der Waals surface area contributed by atoms with E-state index in [1.807, 2.05) is 30.3 Å². The predicted octanol–water partition coefficient (Wildman–Crippen LogP) is 2.20. The van der Waals surface area contributed by atoms with Gasteiger partial charge in [0.25, 0.3) is 0 Å². The Morgan fingerprint density at radius 2 is 1.79 bits per heavy atom. The number of para-hydroxylation sites is 1. The number of nitrogens with zero attached hydrogens (tertiary/aromatic N) is 4.